The summed E-state index contributed by atoms with van der Waals surface area (Å²) in [5, 5.41) is 10.4. The van der Waals surface area contributed by atoms with E-state index >= 15 is 0 Å². The molecule has 0 aliphatic heterocycles. The van der Waals surface area contributed by atoms with Crippen molar-refractivity contribution in [3.8, 4) is 0 Å². The third-order valence-electron chi connectivity index (χ3n) is 2.79. The van der Waals surface area contributed by atoms with E-state index in [0.717, 1.165) is 29.7 Å². The van der Waals surface area contributed by atoms with Gasteiger partial charge in [-0.15, -0.1) is 0 Å². The van der Waals surface area contributed by atoms with Crippen molar-refractivity contribution in [2.75, 3.05) is 14.2 Å². The molecule has 0 amide bonds. The largest absolute Gasteiger partial charge is 0.497 e. The second-order valence-electron chi connectivity index (χ2n) is 4.12. The minimum atomic E-state index is -0.700. The van der Waals surface area contributed by atoms with Gasteiger partial charge >= 0.3 is 0 Å². The van der Waals surface area contributed by atoms with Gasteiger partial charge in [-0.3, -0.25) is 4.99 Å². The van der Waals surface area contributed by atoms with E-state index in [0.29, 0.717) is 0 Å². The van der Waals surface area contributed by atoms with Crippen LogP contribution in [0.1, 0.15) is 12.8 Å². The molecule has 0 saturated carbocycles. The molecule has 0 bridgehead atoms. The number of aliphatic hydroxyl groups excluding tert-OH is 1. The van der Waals surface area contributed by atoms with Crippen LogP contribution < -0.4 is 0 Å². The van der Waals surface area contributed by atoms with Crippen LogP contribution in [0.5, 0.6) is 0 Å². The summed E-state index contributed by atoms with van der Waals surface area (Å²) in [7, 11) is 3.32. The number of aliphatic hydroxyl groups is 1. The Hall–Kier alpha value is -1.87. The average molecular weight is 259 g/mol. The third kappa shape index (κ3) is 4.72. The molecule has 0 saturated heterocycles. The lowest BCUT2D eigenvalue weighted by molar-refractivity contribution is 0.256. The Morgan fingerprint density at radius 1 is 1.42 bits per heavy atom. The van der Waals surface area contributed by atoms with Crippen LogP contribution in [0.15, 0.2) is 64.9 Å². The van der Waals surface area contributed by atoms with E-state index in [1.165, 1.54) is 0 Å². The summed E-state index contributed by atoms with van der Waals surface area (Å²) in [6.45, 7) is 3.65. The number of rotatable bonds is 5. The summed E-state index contributed by atoms with van der Waals surface area (Å²) >= 11 is 0. The quantitative estimate of drug-likeness (QED) is 0.609. The lowest BCUT2D eigenvalue weighted by atomic mass is 9.98. The van der Waals surface area contributed by atoms with Crippen LogP contribution in [0, 0.1) is 0 Å². The number of allylic oxidation sites excluding steroid dienone is 5. The van der Waals surface area contributed by atoms with Crippen LogP contribution in [0.2, 0.25) is 0 Å². The van der Waals surface area contributed by atoms with Gasteiger partial charge in [-0.2, -0.15) is 0 Å². The lowest BCUT2D eigenvalue weighted by Gasteiger charge is -2.14. The van der Waals surface area contributed by atoms with Crippen molar-refractivity contribution >= 4 is 6.21 Å². The molecular weight excluding hydrogens is 238 g/mol. The average Bonchev–Trinajstić information content (AvgIpc) is 2.38. The van der Waals surface area contributed by atoms with E-state index in [1.807, 2.05) is 24.3 Å². The highest BCUT2D eigenvalue weighted by molar-refractivity contribution is 5.81. The smallest absolute Gasteiger partial charge is 0.114 e. The summed E-state index contributed by atoms with van der Waals surface area (Å²) in [5.74, 6) is 0.816. The fraction of sp³-hybridized carbons (Fsp3) is 0.312. The molecule has 0 heterocycles. The molecule has 0 spiro atoms. The summed E-state index contributed by atoms with van der Waals surface area (Å²) in [6, 6.07) is 0. The lowest BCUT2D eigenvalue weighted by Crippen LogP contribution is -2.14. The molecule has 1 aliphatic rings. The highest BCUT2D eigenvalue weighted by atomic mass is 16.5. The summed E-state index contributed by atoms with van der Waals surface area (Å²) in [4.78, 5) is 3.96. The van der Waals surface area contributed by atoms with Crippen LogP contribution in [0.3, 0.4) is 0 Å². The molecule has 0 radical (unpaired) electrons. The van der Waals surface area contributed by atoms with Crippen molar-refractivity contribution < 1.29 is 9.84 Å². The number of aliphatic imine (C=N–C) groups is 1. The molecule has 19 heavy (non-hydrogen) atoms. The number of hydrogen-bond donors (Lipinski definition) is 1. The van der Waals surface area contributed by atoms with Crippen molar-refractivity contribution in [3.05, 3.63) is 59.9 Å². The standard InChI is InChI=1S/C16H21NO2/c1-4-7-14(12-17-2)16(18)13-8-5-6-9-15(19-3)11-10-13/h4,7-12,16,18H,1,5-6H2,2-3H3/b11-10?,13-8?,14-7+,15-9?,17-12?. The van der Waals surface area contributed by atoms with Gasteiger partial charge in [-0.25, -0.2) is 0 Å². The predicted molar refractivity (Wildman–Crippen MR) is 80.3 cm³/mol. The molecule has 0 aromatic heterocycles. The minimum absolute atomic E-state index is 0.700. The Labute approximate surface area is 115 Å². The SMILES string of the molecule is C=C/C=C(\C=NC)C(O)C1=CCCC=C(OC)C=C1. The zero-order valence-corrected chi connectivity index (χ0v) is 11.5. The van der Waals surface area contributed by atoms with Gasteiger partial charge in [-0.1, -0.05) is 30.9 Å². The molecule has 0 fully saturated rings. The monoisotopic (exact) mass is 259 g/mol. The maximum atomic E-state index is 10.4. The molecule has 3 nitrogen and oxygen atoms in total. The van der Waals surface area contributed by atoms with E-state index < -0.39 is 6.10 Å². The number of hydrogen-bond acceptors (Lipinski definition) is 3. The number of nitrogens with zero attached hydrogens (tertiary/aromatic N) is 1. The Morgan fingerprint density at radius 3 is 2.79 bits per heavy atom. The molecule has 3 heteroatoms. The van der Waals surface area contributed by atoms with Gasteiger partial charge in [0.2, 0.25) is 0 Å². The predicted octanol–water partition coefficient (Wildman–Crippen LogP) is 2.97. The van der Waals surface area contributed by atoms with Crippen molar-refractivity contribution in [3.63, 3.8) is 0 Å². The Kier molecular flexibility index (Phi) is 6.61. The second-order valence-corrected chi connectivity index (χ2v) is 4.12. The van der Waals surface area contributed by atoms with Gasteiger partial charge in [-0.05, 0) is 30.6 Å². The Bertz CT molecular complexity index is 453. The van der Waals surface area contributed by atoms with E-state index in [1.54, 1.807) is 32.5 Å². The van der Waals surface area contributed by atoms with Crippen LogP contribution in [-0.4, -0.2) is 31.6 Å². The first-order valence-electron chi connectivity index (χ1n) is 6.28. The van der Waals surface area contributed by atoms with Crippen molar-refractivity contribution in [2.24, 2.45) is 4.99 Å². The Morgan fingerprint density at radius 2 is 2.16 bits per heavy atom. The molecule has 1 rings (SSSR count). The molecule has 0 aromatic carbocycles. The summed E-state index contributed by atoms with van der Waals surface area (Å²) in [5.41, 5.74) is 1.56. The summed E-state index contributed by atoms with van der Waals surface area (Å²) < 4.78 is 5.22. The molecule has 102 valence electrons. The summed E-state index contributed by atoms with van der Waals surface area (Å²) in [6.07, 6.45) is 13.9. The fourth-order valence-corrected chi connectivity index (χ4v) is 1.83. The van der Waals surface area contributed by atoms with Crippen molar-refractivity contribution in [1.29, 1.82) is 0 Å². The molecule has 1 aliphatic carbocycles. The van der Waals surface area contributed by atoms with Gasteiger partial charge in [0.25, 0.3) is 0 Å². The first-order valence-corrected chi connectivity index (χ1v) is 6.28. The maximum absolute atomic E-state index is 10.4. The molecule has 1 unspecified atom stereocenters. The fourth-order valence-electron chi connectivity index (χ4n) is 1.83. The van der Waals surface area contributed by atoms with E-state index in [2.05, 4.69) is 11.6 Å². The molecule has 1 N–H and O–H groups in total. The Balaban J connectivity index is 2.97. The highest BCUT2D eigenvalue weighted by Crippen LogP contribution is 2.18. The van der Waals surface area contributed by atoms with Crippen LogP contribution in [-0.2, 0) is 4.74 Å². The number of methoxy groups -OCH3 is 1. The van der Waals surface area contributed by atoms with Gasteiger partial charge in [0.1, 0.15) is 11.9 Å². The normalized spacial score (nSPS) is 18.4. The van der Waals surface area contributed by atoms with Crippen LogP contribution in [0.25, 0.3) is 0 Å². The third-order valence-corrected chi connectivity index (χ3v) is 2.79. The van der Waals surface area contributed by atoms with Gasteiger partial charge in [0, 0.05) is 18.8 Å². The minimum Gasteiger partial charge on any atom is -0.497 e. The van der Waals surface area contributed by atoms with Crippen LogP contribution in [0.4, 0.5) is 0 Å². The van der Waals surface area contributed by atoms with Crippen molar-refractivity contribution in [1.82, 2.24) is 0 Å². The zero-order valence-electron chi connectivity index (χ0n) is 11.5. The van der Waals surface area contributed by atoms with E-state index in [4.69, 9.17) is 4.74 Å². The topological polar surface area (TPSA) is 41.8 Å². The first-order chi connectivity index (χ1) is 9.22. The molecule has 1 atom stereocenters. The van der Waals surface area contributed by atoms with Crippen molar-refractivity contribution in [2.45, 2.75) is 18.9 Å². The van der Waals surface area contributed by atoms with E-state index in [-0.39, 0.29) is 0 Å². The van der Waals surface area contributed by atoms with Gasteiger partial charge in [0.15, 0.2) is 0 Å². The zero-order chi connectivity index (χ0) is 14.1. The van der Waals surface area contributed by atoms with Gasteiger partial charge in [0.05, 0.1) is 7.11 Å². The first kappa shape index (κ1) is 15.2. The van der Waals surface area contributed by atoms with E-state index in [9.17, 15) is 5.11 Å². The molecule has 0 aromatic rings. The molecular formula is C16H21NO2. The van der Waals surface area contributed by atoms with Gasteiger partial charge < -0.3 is 9.84 Å². The second kappa shape index (κ2) is 8.27. The maximum Gasteiger partial charge on any atom is 0.114 e. The van der Waals surface area contributed by atoms with Crippen LogP contribution >= 0.6 is 0 Å². The number of ether oxygens (including phenoxy) is 1. The highest BCUT2D eigenvalue weighted by Gasteiger charge is 2.13.